The molecular weight excluding hydrogens is 297 g/mol. The van der Waals surface area contributed by atoms with Crippen LogP contribution in [0.3, 0.4) is 0 Å². The molecule has 0 spiro atoms. The summed E-state index contributed by atoms with van der Waals surface area (Å²) < 4.78 is 37.1. The molecule has 1 aliphatic heterocycles. The van der Waals surface area contributed by atoms with Gasteiger partial charge in [-0.25, -0.2) is 0 Å². The van der Waals surface area contributed by atoms with Crippen molar-refractivity contribution in [3.8, 4) is 0 Å². The summed E-state index contributed by atoms with van der Waals surface area (Å²) >= 11 is 0. The number of aliphatic hydroxyl groups excluding tert-OH is 1. The van der Waals surface area contributed by atoms with Crippen molar-refractivity contribution >= 4 is 18.3 Å². The number of piperidine rings is 1. The zero-order chi connectivity index (χ0) is 14.0. The molecule has 20 heavy (non-hydrogen) atoms. The fourth-order valence-corrected chi connectivity index (χ4v) is 2.36. The molecule has 0 bridgehead atoms. The van der Waals surface area contributed by atoms with Crippen LogP contribution in [0.1, 0.15) is 25.7 Å². The zero-order valence-corrected chi connectivity index (χ0v) is 11.8. The van der Waals surface area contributed by atoms with Gasteiger partial charge >= 0.3 is 6.18 Å². The second kappa shape index (κ2) is 6.95. The van der Waals surface area contributed by atoms with E-state index >= 15 is 0 Å². The first-order valence-corrected chi connectivity index (χ1v) is 6.64. The molecule has 0 radical (unpaired) electrons. The number of carbonyl (C=O) groups excluding carboxylic acids is 1. The number of halogens is 4. The Kier molecular flexibility index (Phi) is 6.09. The summed E-state index contributed by atoms with van der Waals surface area (Å²) in [6.07, 6.45) is -4.24. The molecule has 2 fully saturated rings. The lowest BCUT2D eigenvalue weighted by Gasteiger charge is -2.34. The molecule has 0 aromatic rings. The van der Waals surface area contributed by atoms with Crippen molar-refractivity contribution in [2.45, 2.75) is 44.0 Å². The second-order valence-electron chi connectivity index (χ2n) is 5.36. The van der Waals surface area contributed by atoms with Crippen molar-refractivity contribution in [1.82, 2.24) is 10.2 Å². The summed E-state index contributed by atoms with van der Waals surface area (Å²) in [7, 11) is 0. The van der Waals surface area contributed by atoms with E-state index in [1.54, 1.807) is 4.90 Å². The summed E-state index contributed by atoms with van der Waals surface area (Å²) in [6.45, 7) is 0.850. The predicted octanol–water partition coefficient (Wildman–Crippen LogP) is 1.32. The van der Waals surface area contributed by atoms with Crippen LogP contribution < -0.4 is 5.32 Å². The number of nitrogens with zero attached hydrogens (tertiary/aromatic N) is 1. The van der Waals surface area contributed by atoms with E-state index in [1.165, 1.54) is 0 Å². The van der Waals surface area contributed by atoms with Crippen LogP contribution in [0.15, 0.2) is 0 Å². The molecule has 1 amide bonds. The standard InChI is InChI=1S/C12H19F3N2O2.ClH/c13-12(14,15)11(19)8-3-5-17(6-4-8)10(18)7-16-9-1-2-9;/h8-9,11,16,19H,1-7H2;1H. The molecule has 0 aromatic heterocycles. The lowest BCUT2D eigenvalue weighted by molar-refractivity contribution is -0.222. The predicted molar refractivity (Wildman–Crippen MR) is 69.6 cm³/mol. The maximum atomic E-state index is 12.4. The van der Waals surface area contributed by atoms with Gasteiger partial charge in [-0.15, -0.1) is 12.4 Å². The van der Waals surface area contributed by atoms with Gasteiger partial charge in [0.15, 0.2) is 6.10 Å². The minimum Gasteiger partial charge on any atom is -0.383 e. The topological polar surface area (TPSA) is 52.6 Å². The Bertz CT molecular complexity index is 329. The highest BCUT2D eigenvalue weighted by Gasteiger charge is 2.44. The van der Waals surface area contributed by atoms with Gasteiger partial charge in [-0.05, 0) is 31.6 Å². The minimum absolute atomic E-state index is 0. The molecule has 4 nitrogen and oxygen atoms in total. The number of alkyl halides is 3. The van der Waals surface area contributed by atoms with E-state index in [2.05, 4.69) is 5.32 Å². The van der Waals surface area contributed by atoms with Crippen LogP contribution in [0.5, 0.6) is 0 Å². The number of rotatable bonds is 4. The number of aliphatic hydroxyl groups is 1. The van der Waals surface area contributed by atoms with Crippen LogP contribution in [-0.4, -0.2) is 53.9 Å². The number of likely N-dealkylation sites (tertiary alicyclic amines) is 1. The van der Waals surface area contributed by atoms with E-state index in [0.717, 1.165) is 12.8 Å². The lowest BCUT2D eigenvalue weighted by atomic mass is 9.91. The summed E-state index contributed by atoms with van der Waals surface area (Å²) in [6, 6.07) is 0.438. The molecule has 1 saturated carbocycles. The molecule has 1 atom stereocenters. The van der Waals surface area contributed by atoms with Gasteiger partial charge in [-0.1, -0.05) is 0 Å². The Labute approximate surface area is 122 Å². The van der Waals surface area contributed by atoms with E-state index in [-0.39, 0.29) is 37.7 Å². The molecular formula is C12H20ClF3N2O2. The highest BCUT2D eigenvalue weighted by Crippen LogP contribution is 2.31. The third-order valence-corrected chi connectivity index (χ3v) is 3.79. The molecule has 118 valence electrons. The van der Waals surface area contributed by atoms with Crippen LogP contribution in [0, 0.1) is 5.92 Å². The van der Waals surface area contributed by atoms with E-state index in [1.807, 2.05) is 0 Å². The van der Waals surface area contributed by atoms with Crippen molar-refractivity contribution < 1.29 is 23.1 Å². The first-order valence-electron chi connectivity index (χ1n) is 6.64. The third-order valence-electron chi connectivity index (χ3n) is 3.79. The first-order chi connectivity index (χ1) is 8.88. The van der Waals surface area contributed by atoms with Crippen LogP contribution in [0.25, 0.3) is 0 Å². The number of nitrogens with one attached hydrogen (secondary N) is 1. The lowest BCUT2D eigenvalue weighted by Crippen LogP contribution is -2.47. The SMILES string of the molecule is Cl.O=C(CNC1CC1)N1CCC(C(O)C(F)(F)F)CC1. The average molecular weight is 317 g/mol. The molecule has 1 unspecified atom stereocenters. The highest BCUT2D eigenvalue weighted by atomic mass is 35.5. The van der Waals surface area contributed by atoms with Crippen LogP contribution in [0.2, 0.25) is 0 Å². The molecule has 1 heterocycles. The molecule has 0 aromatic carbocycles. The van der Waals surface area contributed by atoms with Gasteiger partial charge in [-0.3, -0.25) is 4.79 Å². The summed E-state index contributed by atoms with van der Waals surface area (Å²) in [5.74, 6) is -0.854. The van der Waals surface area contributed by atoms with E-state index in [4.69, 9.17) is 0 Å². The van der Waals surface area contributed by atoms with Gasteiger partial charge in [0.1, 0.15) is 0 Å². The van der Waals surface area contributed by atoms with E-state index in [9.17, 15) is 23.1 Å². The van der Waals surface area contributed by atoms with Gasteiger partial charge in [0.25, 0.3) is 0 Å². The molecule has 2 aliphatic rings. The van der Waals surface area contributed by atoms with Gasteiger partial charge in [0, 0.05) is 19.1 Å². The fourth-order valence-electron chi connectivity index (χ4n) is 2.36. The summed E-state index contributed by atoms with van der Waals surface area (Å²) in [5.41, 5.74) is 0. The quantitative estimate of drug-likeness (QED) is 0.822. The number of carbonyl (C=O) groups is 1. The van der Waals surface area contributed by atoms with Crippen molar-refractivity contribution in [3.05, 3.63) is 0 Å². The summed E-state index contributed by atoms with van der Waals surface area (Å²) in [4.78, 5) is 13.4. The van der Waals surface area contributed by atoms with Crippen molar-refractivity contribution in [1.29, 1.82) is 0 Å². The van der Waals surface area contributed by atoms with Crippen molar-refractivity contribution in [2.24, 2.45) is 5.92 Å². The van der Waals surface area contributed by atoms with Crippen molar-refractivity contribution in [3.63, 3.8) is 0 Å². The maximum Gasteiger partial charge on any atom is 0.414 e. The molecule has 8 heteroatoms. The number of hydrogen-bond acceptors (Lipinski definition) is 3. The van der Waals surface area contributed by atoms with Crippen LogP contribution in [-0.2, 0) is 4.79 Å². The molecule has 2 N–H and O–H groups in total. The Morgan fingerprint density at radius 1 is 1.25 bits per heavy atom. The number of hydrogen-bond donors (Lipinski definition) is 2. The molecule has 1 aliphatic carbocycles. The van der Waals surface area contributed by atoms with Gasteiger partial charge in [0.05, 0.1) is 6.54 Å². The first kappa shape index (κ1) is 17.5. The minimum atomic E-state index is -4.57. The normalized spacial score (nSPS) is 22.3. The summed E-state index contributed by atoms with van der Waals surface area (Å²) in [5, 5.41) is 12.3. The highest BCUT2D eigenvalue weighted by molar-refractivity contribution is 5.85. The Morgan fingerprint density at radius 3 is 2.25 bits per heavy atom. The largest absolute Gasteiger partial charge is 0.414 e. The molecule has 1 saturated heterocycles. The smallest absolute Gasteiger partial charge is 0.383 e. The Hall–Kier alpha value is -0.530. The fraction of sp³-hybridized carbons (Fsp3) is 0.917. The van der Waals surface area contributed by atoms with Crippen molar-refractivity contribution in [2.75, 3.05) is 19.6 Å². The number of amides is 1. The van der Waals surface area contributed by atoms with E-state index in [0.29, 0.717) is 19.1 Å². The monoisotopic (exact) mass is 316 g/mol. The third kappa shape index (κ3) is 4.79. The van der Waals surface area contributed by atoms with E-state index < -0.39 is 18.2 Å². The zero-order valence-electron chi connectivity index (χ0n) is 11.0. The Balaban J connectivity index is 0.00000200. The maximum absolute atomic E-state index is 12.4. The van der Waals surface area contributed by atoms with Gasteiger partial charge in [-0.2, -0.15) is 13.2 Å². The second-order valence-corrected chi connectivity index (χ2v) is 5.36. The van der Waals surface area contributed by atoms with Gasteiger partial charge in [0.2, 0.25) is 5.91 Å². The van der Waals surface area contributed by atoms with Crippen LogP contribution in [0.4, 0.5) is 13.2 Å². The van der Waals surface area contributed by atoms with Gasteiger partial charge < -0.3 is 15.3 Å². The molecule has 2 rings (SSSR count). The Morgan fingerprint density at radius 2 is 1.80 bits per heavy atom. The average Bonchev–Trinajstić information content (AvgIpc) is 3.18. The van der Waals surface area contributed by atoms with Crippen LogP contribution >= 0.6 is 12.4 Å².